The van der Waals surface area contributed by atoms with Crippen molar-refractivity contribution in [2.75, 3.05) is 39.5 Å². The molecule has 112 valence electrons. The molecule has 0 aromatic carbocycles. The van der Waals surface area contributed by atoms with E-state index in [1.165, 1.54) is 0 Å². The lowest BCUT2D eigenvalue weighted by Gasteiger charge is -2.27. The molecule has 0 aliphatic carbocycles. The number of rotatable bonds is 6. The Hall–Kier alpha value is -0.360. The van der Waals surface area contributed by atoms with Crippen LogP contribution in [0.1, 0.15) is 26.2 Å². The number of ether oxygens (including phenoxy) is 2. The van der Waals surface area contributed by atoms with Gasteiger partial charge in [0.15, 0.2) is 0 Å². The van der Waals surface area contributed by atoms with Gasteiger partial charge in [-0.3, -0.25) is 4.79 Å². The Balaban J connectivity index is 0.00000180. The molecular formula is C13H25ClN2O3. The lowest BCUT2D eigenvalue weighted by Crippen LogP contribution is -2.44. The third kappa shape index (κ3) is 4.60. The molecule has 2 aliphatic heterocycles. The largest absolute Gasteiger partial charge is 0.379 e. The van der Waals surface area contributed by atoms with E-state index in [0.717, 1.165) is 32.4 Å². The summed E-state index contributed by atoms with van der Waals surface area (Å²) >= 11 is 0. The Kier molecular flexibility index (Phi) is 7.68. The van der Waals surface area contributed by atoms with E-state index >= 15 is 0 Å². The molecule has 2 heterocycles. The van der Waals surface area contributed by atoms with Crippen LogP contribution < -0.4 is 5.32 Å². The molecule has 2 rings (SSSR count). The number of nitrogens with one attached hydrogen (secondary N) is 1. The highest BCUT2D eigenvalue weighted by Crippen LogP contribution is 2.27. The van der Waals surface area contributed by atoms with E-state index in [0.29, 0.717) is 31.9 Å². The minimum atomic E-state index is 0. The van der Waals surface area contributed by atoms with Gasteiger partial charge in [0, 0.05) is 25.2 Å². The van der Waals surface area contributed by atoms with Crippen LogP contribution in [0.15, 0.2) is 0 Å². The van der Waals surface area contributed by atoms with Gasteiger partial charge >= 0.3 is 0 Å². The van der Waals surface area contributed by atoms with Crippen molar-refractivity contribution >= 4 is 18.3 Å². The van der Waals surface area contributed by atoms with Gasteiger partial charge in [-0.15, -0.1) is 12.4 Å². The fourth-order valence-electron chi connectivity index (χ4n) is 2.89. The van der Waals surface area contributed by atoms with Gasteiger partial charge in [-0.05, 0) is 32.7 Å². The molecular weight excluding hydrogens is 268 g/mol. The van der Waals surface area contributed by atoms with E-state index in [1.54, 1.807) is 0 Å². The average Bonchev–Trinajstić information content (AvgIpc) is 2.62. The molecule has 6 heteroatoms. The predicted molar refractivity (Wildman–Crippen MR) is 75.7 cm³/mol. The van der Waals surface area contributed by atoms with Crippen molar-refractivity contribution in [1.29, 1.82) is 0 Å². The molecule has 0 saturated carbocycles. The van der Waals surface area contributed by atoms with Crippen LogP contribution >= 0.6 is 12.4 Å². The number of hydrogen-bond donors (Lipinski definition) is 1. The first kappa shape index (κ1) is 16.7. The van der Waals surface area contributed by atoms with Crippen LogP contribution in [0.5, 0.6) is 0 Å². The molecule has 2 bridgehead atoms. The van der Waals surface area contributed by atoms with Crippen molar-refractivity contribution in [1.82, 2.24) is 10.2 Å². The Bertz CT molecular complexity index is 265. The molecule has 0 aromatic rings. The molecule has 1 amide bonds. The Morgan fingerprint density at radius 3 is 2.74 bits per heavy atom. The molecule has 19 heavy (non-hydrogen) atoms. The van der Waals surface area contributed by atoms with Crippen LogP contribution in [0, 0.1) is 0 Å². The molecule has 0 spiro atoms. The van der Waals surface area contributed by atoms with Gasteiger partial charge in [0.1, 0.15) is 6.61 Å². The third-order valence-corrected chi connectivity index (χ3v) is 3.74. The summed E-state index contributed by atoms with van der Waals surface area (Å²) in [6.45, 7) is 5.86. The summed E-state index contributed by atoms with van der Waals surface area (Å²) in [5.41, 5.74) is 0. The van der Waals surface area contributed by atoms with Gasteiger partial charge in [-0.1, -0.05) is 0 Å². The van der Waals surface area contributed by atoms with Crippen LogP contribution in [-0.2, 0) is 14.3 Å². The van der Waals surface area contributed by atoms with Gasteiger partial charge in [0.2, 0.25) is 5.91 Å². The average molecular weight is 293 g/mol. The summed E-state index contributed by atoms with van der Waals surface area (Å²) < 4.78 is 10.6. The van der Waals surface area contributed by atoms with Crippen molar-refractivity contribution in [2.24, 2.45) is 0 Å². The van der Waals surface area contributed by atoms with Gasteiger partial charge in [0.05, 0.1) is 13.2 Å². The van der Waals surface area contributed by atoms with Gasteiger partial charge in [0.25, 0.3) is 0 Å². The summed E-state index contributed by atoms with van der Waals surface area (Å²) in [6.07, 6.45) is 3.35. The van der Waals surface area contributed by atoms with Gasteiger partial charge in [-0.25, -0.2) is 0 Å². The molecule has 5 nitrogen and oxygen atoms in total. The van der Waals surface area contributed by atoms with Crippen molar-refractivity contribution in [2.45, 2.75) is 38.3 Å². The summed E-state index contributed by atoms with van der Waals surface area (Å²) in [6, 6.07) is 0.800. The summed E-state index contributed by atoms with van der Waals surface area (Å²) in [4.78, 5) is 14.2. The second-order valence-electron chi connectivity index (χ2n) is 4.93. The predicted octanol–water partition coefficient (Wildman–Crippen LogP) is 0.814. The molecule has 1 N–H and O–H groups in total. The lowest BCUT2D eigenvalue weighted by molar-refractivity contribution is -0.139. The Morgan fingerprint density at radius 1 is 1.21 bits per heavy atom. The zero-order chi connectivity index (χ0) is 12.8. The first-order chi connectivity index (χ1) is 8.83. The zero-order valence-corrected chi connectivity index (χ0v) is 12.4. The Labute approximate surface area is 121 Å². The first-order valence-electron chi connectivity index (χ1n) is 7.00. The van der Waals surface area contributed by atoms with Crippen LogP contribution in [0.25, 0.3) is 0 Å². The maximum atomic E-state index is 12.2. The summed E-state index contributed by atoms with van der Waals surface area (Å²) in [5, 5.41) is 3.39. The minimum Gasteiger partial charge on any atom is -0.379 e. The number of nitrogens with zero attached hydrogens (tertiary/aromatic N) is 1. The normalized spacial score (nSPS) is 25.8. The number of carbonyl (C=O) groups excluding carboxylic acids is 1. The standard InChI is InChI=1S/C13H24N2O3.ClH/c1-2-17-7-8-18-10-13(16)15-11-3-4-12(15)9-14-6-5-11;/h11-12,14H,2-10H2,1H3;1H. The van der Waals surface area contributed by atoms with Crippen molar-refractivity contribution in [3.8, 4) is 0 Å². The van der Waals surface area contributed by atoms with Crippen LogP contribution in [0.3, 0.4) is 0 Å². The van der Waals surface area contributed by atoms with Crippen LogP contribution in [0.2, 0.25) is 0 Å². The number of carbonyl (C=O) groups is 1. The number of hydrogen-bond acceptors (Lipinski definition) is 4. The quantitative estimate of drug-likeness (QED) is 0.736. The lowest BCUT2D eigenvalue weighted by atomic mass is 10.1. The van der Waals surface area contributed by atoms with Gasteiger partial charge < -0.3 is 19.7 Å². The molecule has 2 atom stereocenters. The highest BCUT2D eigenvalue weighted by Gasteiger charge is 2.37. The molecule has 2 unspecified atom stereocenters. The molecule has 0 radical (unpaired) electrons. The van der Waals surface area contributed by atoms with E-state index in [4.69, 9.17) is 9.47 Å². The highest BCUT2D eigenvalue weighted by atomic mass is 35.5. The third-order valence-electron chi connectivity index (χ3n) is 3.74. The second-order valence-corrected chi connectivity index (χ2v) is 4.93. The maximum Gasteiger partial charge on any atom is 0.249 e. The monoisotopic (exact) mass is 292 g/mol. The van der Waals surface area contributed by atoms with Gasteiger partial charge in [-0.2, -0.15) is 0 Å². The first-order valence-corrected chi connectivity index (χ1v) is 7.00. The SMILES string of the molecule is CCOCCOCC(=O)N1C2CCNCC1CC2.Cl. The van der Waals surface area contributed by atoms with Crippen molar-refractivity contribution in [3.05, 3.63) is 0 Å². The molecule has 2 saturated heterocycles. The smallest absolute Gasteiger partial charge is 0.249 e. The van der Waals surface area contributed by atoms with Crippen LogP contribution in [-0.4, -0.2) is 62.4 Å². The van der Waals surface area contributed by atoms with Crippen molar-refractivity contribution in [3.63, 3.8) is 0 Å². The molecule has 2 aliphatic rings. The van der Waals surface area contributed by atoms with E-state index in [2.05, 4.69) is 10.2 Å². The number of fused-ring (bicyclic) bond motifs is 2. The topological polar surface area (TPSA) is 50.8 Å². The highest BCUT2D eigenvalue weighted by molar-refractivity contribution is 5.85. The zero-order valence-electron chi connectivity index (χ0n) is 11.6. The minimum absolute atomic E-state index is 0. The fraction of sp³-hybridized carbons (Fsp3) is 0.923. The van der Waals surface area contributed by atoms with Crippen molar-refractivity contribution < 1.29 is 14.3 Å². The van der Waals surface area contributed by atoms with E-state index < -0.39 is 0 Å². The van der Waals surface area contributed by atoms with Crippen LogP contribution in [0.4, 0.5) is 0 Å². The number of halogens is 1. The maximum absolute atomic E-state index is 12.2. The second kappa shape index (κ2) is 8.74. The number of amides is 1. The summed E-state index contributed by atoms with van der Waals surface area (Å²) in [7, 11) is 0. The fourth-order valence-corrected chi connectivity index (χ4v) is 2.89. The summed E-state index contributed by atoms with van der Waals surface area (Å²) in [5.74, 6) is 0.141. The van der Waals surface area contributed by atoms with E-state index in [-0.39, 0.29) is 24.9 Å². The molecule has 2 fully saturated rings. The van der Waals surface area contributed by atoms with E-state index in [1.807, 2.05) is 6.92 Å². The van der Waals surface area contributed by atoms with E-state index in [9.17, 15) is 4.79 Å². The Morgan fingerprint density at radius 2 is 1.95 bits per heavy atom. The molecule has 0 aromatic heterocycles.